The Kier molecular flexibility index (Phi) is 7.92. The average molecular weight is 361 g/mol. The summed E-state index contributed by atoms with van der Waals surface area (Å²) >= 11 is 0. The molecule has 0 radical (unpaired) electrons. The summed E-state index contributed by atoms with van der Waals surface area (Å²) in [6.07, 6.45) is 4.40. The van der Waals surface area contributed by atoms with E-state index in [4.69, 9.17) is 4.74 Å². The summed E-state index contributed by atoms with van der Waals surface area (Å²) in [5, 5.41) is 10.8. The van der Waals surface area contributed by atoms with Crippen molar-refractivity contribution in [1.29, 1.82) is 0 Å². The molecule has 0 fully saturated rings. The lowest BCUT2D eigenvalue weighted by Crippen LogP contribution is -2.39. The van der Waals surface area contributed by atoms with Gasteiger partial charge in [0, 0.05) is 19.3 Å². The minimum atomic E-state index is -0.352. The molecule has 1 aromatic heterocycles. The Bertz CT molecular complexity index is 701. The molecule has 0 aliphatic rings. The van der Waals surface area contributed by atoms with E-state index in [9.17, 15) is 4.39 Å². The third-order valence-corrected chi connectivity index (χ3v) is 3.78. The summed E-state index contributed by atoms with van der Waals surface area (Å²) in [7, 11) is 0. The summed E-state index contributed by atoms with van der Waals surface area (Å²) < 4.78 is 21.4. The Balaban J connectivity index is 1.87. The number of hydrogen-bond donors (Lipinski definition) is 2. The lowest BCUT2D eigenvalue weighted by molar-refractivity contribution is 0.196. The van der Waals surface area contributed by atoms with Crippen LogP contribution < -0.4 is 15.4 Å². The molecule has 0 spiro atoms. The van der Waals surface area contributed by atoms with Crippen molar-refractivity contribution in [3.63, 3.8) is 0 Å². The number of halogens is 1. The van der Waals surface area contributed by atoms with Gasteiger partial charge in [-0.3, -0.25) is 4.68 Å². The SMILES string of the molecule is CCNC(=NCC(CC)Oc1ccccc1F)NCCn1cc(C)cn1. The highest BCUT2D eigenvalue weighted by Crippen LogP contribution is 2.18. The van der Waals surface area contributed by atoms with Gasteiger partial charge in [-0.15, -0.1) is 0 Å². The predicted molar refractivity (Wildman–Crippen MR) is 102 cm³/mol. The van der Waals surface area contributed by atoms with E-state index >= 15 is 0 Å². The summed E-state index contributed by atoms with van der Waals surface area (Å²) in [6, 6.07) is 6.44. The highest BCUT2D eigenvalue weighted by molar-refractivity contribution is 5.79. The first kappa shape index (κ1) is 19.8. The topological polar surface area (TPSA) is 63.5 Å². The zero-order valence-corrected chi connectivity index (χ0v) is 15.7. The van der Waals surface area contributed by atoms with Gasteiger partial charge in [0.15, 0.2) is 17.5 Å². The summed E-state index contributed by atoms with van der Waals surface area (Å²) in [6.45, 7) is 8.70. The maximum Gasteiger partial charge on any atom is 0.191 e. The van der Waals surface area contributed by atoms with Gasteiger partial charge in [0.05, 0.1) is 19.3 Å². The van der Waals surface area contributed by atoms with Gasteiger partial charge in [-0.2, -0.15) is 5.10 Å². The van der Waals surface area contributed by atoms with Crippen LogP contribution in [0.15, 0.2) is 41.7 Å². The Morgan fingerprint density at radius 1 is 1.31 bits per heavy atom. The number of hydrogen-bond acceptors (Lipinski definition) is 3. The number of para-hydroxylation sites is 1. The summed E-state index contributed by atoms with van der Waals surface area (Å²) in [4.78, 5) is 4.56. The second-order valence-corrected chi connectivity index (χ2v) is 6.01. The van der Waals surface area contributed by atoms with E-state index in [2.05, 4.69) is 20.7 Å². The van der Waals surface area contributed by atoms with Gasteiger partial charge in [-0.25, -0.2) is 9.38 Å². The van der Waals surface area contributed by atoms with Crippen LogP contribution in [0.3, 0.4) is 0 Å². The molecular formula is C19H28FN5O. The van der Waals surface area contributed by atoms with E-state index in [1.807, 2.05) is 37.8 Å². The van der Waals surface area contributed by atoms with Crippen molar-refractivity contribution in [3.05, 3.63) is 48.0 Å². The molecule has 1 aromatic carbocycles. The number of ether oxygens (including phenoxy) is 1. The third kappa shape index (κ3) is 6.38. The van der Waals surface area contributed by atoms with Crippen LogP contribution in [0, 0.1) is 12.7 Å². The molecule has 0 aliphatic heterocycles. The second-order valence-electron chi connectivity index (χ2n) is 6.01. The Morgan fingerprint density at radius 3 is 2.77 bits per heavy atom. The van der Waals surface area contributed by atoms with Crippen LogP contribution in [0.4, 0.5) is 4.39 Å². The predicted octanol–water partition coefficient (Wildman–Crippen LogP) is 2.74. The molecule has 142 valence electrons. The number of benzene rings is 1. The molecule has 26 heavy (non-hydrogen) atoms. The van der Waals surface area contributed by atoms with Gasteiger partial charge in [0.1, 0.15) is 6.10 Å². The molecule has 7 heteroatoms. The van der Waals surface area contributed by atoms with E-state index in [-0.39, 0.29) is 17.7 Å². The van der Waals surface area contributed by atoms with Gasteiger partial charge >= 0.3 is 0 Å². The van der Waals surface area contributed by atoms with Crippen LogP contribution in [0.2, 0.25) is 0 Å². The first-order valence-corrected chi connectivity index (χ1v) is 9.04. The van der Waals surface area contributed by atoms with E-state index in [1.54, 1.807) is 18.2 Å². The first-order chi connectivity index (χ1) is 12.6. The fraction of sp³-hybridized carbons (Fsp3) is 0.474. The molecule has 0 amide bonds. The summed E-state index contributed by atoms with van der Waals surface area (Å²) in [5.74, 6) is 0.628. The fourth-order valence-corrected chi connectivity index (χ4v) is 2.38. The maximum absolute atomic E-state index is 13.7. The molecule has 6 nitrogen and oxygen atoms in total. The van der Waals surface area contributed by atoms with Gasteiger partial charge in [0.2, 0.25) is 0 Å². The van der Waals surface area contributed by atoms with Crippen molar-refractivity contribution < 1.29 is 9.13 Å². The van der Waals surface area contributed by atoms with E-state index < -0.39 is 0 Å². The van der Waals surface area contributed by atoms with Crippen molar-refractivity contribution in [2.24, 2.45) is 4.99 Å². The molecule has 0 bridgehead atoms. The average Bonchev–Trinajstić information content (AvgIpc) is 3.05. The molecule has 1 heterocycles. The van der Waals surface area contributed by atoms with Crippen LogP contribution in [-0.2, 0) is 6.54 Å². The van der Waals surface area contributed by atoms with Gasteiger partial charge in [-0.1, -0.05) is 19.1 Å². The van der Waals surface area contributed by atoms with E-state index in [1.165, 1.54) is 6.07 Å². The summed E-state index contributed by atoms with van der Waals surface area (Å²) in [5.41, 5.74) is 1.14. The molecule has 0 saturated carbocycles. The lowest BCUT2D eigenvalue weighted by atomic mass is 10.2. The monoisotopic (exact) mass is 361 g/mol. The zero-order chi connectivity index (χ0) is 18.8. The molecule has 2 aromatic rings. The molecule has 1 unspecified atom stereocenters. The number of aryl methyl sites for hydroxylation is 1. The molecular weight excluding hydrogens is 333 g/mol. The van der Waals surface area contributed by atoms with Crippen LogP contribution >= 0.6 is 0 Å². The Hall–Kier alpha value is -2.57. The Morgan fingerprint density at radius 2 is 2.12 bits per heavy atom. The molecule has 2 N–H and O–H groups in total. The van der Waals surface area contributed by atoms with Crippen molar-refractivity contribution in [3.8, 4) is 5.75 Å². The number of nitrogens with zero attached hydrogens (tertiary/aromatic N) is 3. The zero-order valence-electron chi connectivity index (χ0n) is 15.7. The molecule has 1 atom stereocenters. The Labute approximate surface area is 154 Å². The molecule has 2 rings (SSSR count). The van der Waals surface area contributed by atoms with Crippen molar-refractivity contribution in [2.45, 2.75) is 39.8 Å². The number of rotatable bonds is 9. The molecule has 0 saturated heterocycles. The van der Waals surface area contributed by atoms with Crippen molar-refractivity contribution in [2.75, 3.05) is 19.6 Å². The minimum Gasteiger partial charge on any atom is -0.485 e. The second kappa shape index (κ2) is 10.4. The van der Waals surface area contributed by atoms with Gasteiger partial charge in [-0.05, 0) is 38.0 Å². The normalized spacial score (nSPS) is 12.7. The van der Waals surface area contributed by atoms with Crippen LogP contribution in [0.5, 0.6) is 5.75 Å². The lowest BCUT2D eigenvalue weighted by Gasteiger charge is -2.17. The van der Waals surface area contributed by atoms with Crippen LogP contribution in [0.25, 0.3) is 0 Å². The van der Waals surface area contributed by atoms with E-state index in [0.29, 0.717) is 19.0 Å². The van der Waals surface area contributed by atoms with Crippen molar-refractivity contribution >= 4 is 5.96 Å². The smallest absolute Gasteiger partial charge is 0.191 e. The van der Waals surface area contributed by atoms with E-state index in [0.717, 1.165) is 25.1 Å². The third-order valence-electron chi connectivity index (χ3n) is 3.78. The molecule has 0 aliphatic carbocycles. The maximum atomic E-state index is 13.7. The number of aromatic nitrogens is 2. The largest absolute Gasteiger partial charge is 0.485 e. The number of guanidine groups is 1. The highest BCUT2D eigenvalue weighted by Gasteiger charge is 2.11. The highest BCUT2D eigenvalue weighted by atomic mass is 19.1. The van der Waals surface area contributed by atoms with Crippen LogP contribution in [0.1, 0.15) is 25.8 Å². The van der Waals surface area contributed by atoms with Gasteiger partial charge in [0.25, 0.3) is 0 Å². The fourth-order valence-electron chi connectivity index (χ4n) is 2.38. The number of nitrogens with one attached hydrogen (secondary N) is 2. The van der Waals surface area contributed by atoms with Crippen molar-refractivity contribution in [1.82, 2.24) is 20.4 Å². The first-order valence-electron chi connectivity index (χ1n) is 9.04. The van der Waals surface area contributed by atoms with Gasteiger partial charge < -0.3 is 15.4 Å². The quantitative estimate of drug-likeness (QED) is 0.532. The minimum absolute atomic E-state index is 0.184. The number of aliphatic imine (C=N–C) groups is 1. The van der Waals surface area contributed by atoms with Crippen LogP contribution in [-0.4, -0.2) is 41.5 Å². The standard InChI is InChI=1S/C19H28FN5O/c1-4-16(26-18-9-7-6-8-17(18)20)13-23-19(21-5-2)22-10-11-25-14-15(3)12-24-25/h6-9,12,14,16H,4-5,10-11,13H2,1-3H3,(H2,21,22,23).